The minimum absolute atomic E-state index is 0.0618. The monoisotopic (exact) mass is 471 g/mol. The number of carbonyl (C=O) groups is 1. The van der Waals surface area contributed by atoms with E-state index < -0.39 is 47.1 Å². The van der Waals surface area contributed by atoms with Crippen LogP contribution in [0.2, 0.25) is 0 Å². The van der Waals surface area contributed by atoms with Gasteiger partial charge in [-0.15, -0.1) is 0 Å². The van der Waals surface area contributed by atoms with E-state index in [0.29, 0.717) is 12.1 Å². The smallest absolute Gasteiger partial charge is 0.334 e. The third-order valence-corrected chi connectivity index (χ3v) is 4.66. The first-order valence-electron chi connectivity index (χ1n) is 9.44. The lowest BCUT2D eigenvalue weighted by atomic mass is 9.98. The van der Waals surface area contributed by atoms with Gasteiger partial charge in [0, 0.05) is 18.3 Å². The van der Waals surface area contributed by atoms with Gasteiger partial charge in [0.1, 0.15) is 5.82 Å². The molecule has 0 saturated carbocycles. The van der Waals surface area contributed by atoms with E-state index in [1.807, 2.05) is 0 Å². The third kappa shape index (κ3) is 5.99. The molecule has 1 unspecified atom stereocenters. The number of amides is 2. The van der Waals surface area contributed by atoms with Crippen LogP contribution in [0.4, 0.5) is 35.5 Å². The van der Waals surface area contributed by atoms with Crippen molar-refractivity contribution in [1.29, 1.82) is 0 Å². The standard InChI is InChI=1S/C22H16F7N3O/c23-17-6-2-1-4-14(17)12-31-20(33)32-18(13-7-9-15(10-8-13)21(24,25)26)19-16(22(27,28)29)5-3-11-30-19/h1-11,18H,12H2,(H2,31,32,33). The molecule has 0 spiro atoms. The number of aromatic nitrogens is 1. The molecule has 174 valence electrons. The van der Waals surface area contributed by atoms with Gasteiger partial charge in [-0.05, 0) is 35.9 Å². The van der Waals surface area contributed by atoms with Gasteiger partial charge in [0.2, 0.25) is 0 Å². The third-order valence-electron chi connectivity index (χ3n) is 4.66. The number of hydrogen-bond donors (Lipinski definition) is 2. The van der Waals surface area contributed by atoms with Crippen LogP contribution >= 0.6 is 0 Å². The molecular weight excluding hydrogens is 455 g/mol. The maximum atomic E-state index is 13.8. The molecule has 1 heterocycles. The second-order valence-electron chi connectivity index (χ2n) is 6.91. The zero-order valence-corrected chi connectivity index (χ0v) is 16.6. The van der Waals surface area contributed by atoms with Gasteiger partial charge in [-0.3, -0.25) is 4.98 Å². The summed E-state index contributed by atoms with van der Waals surface area (Å²) in [6, 6.07) is 8.15. The minimum atomic E-state index is -4.83. The van der Waals surface area contributed by atoms with Crippen LogP contribution < -0.4 is 10.6 Å². The molecule has 4 nitrogen and oxygen atoms in total. The number of urea groups is 1. The largest absolute Gasteiger partial charge is 0.418 e. The van der Waals surface area contributed by atoms with Gasteiger partial charge >= 0.3 is 18.4 Å². The van der Waals surface area contributed by atoms with E-state index in [4.69, 9.17) is 0 Å². The zero-order chi connectivity index (χ0) is 24.2. The number of halogens is 7. The highest BCUT2D eigenvalue weighted by molar-refractivity contribution is 5.75. The Labute approximate surface area is 183 Å². The maximum absolute atomic E-state index is 13.8. The van der Waals surface area contributed by atoms with Crippen molar-refractivity contribution in [2.75, 3.05) is 0 Å². The Bertz CT molecular complexity index is 1110. The fourth-order valence-corrected chi connectivity index (χ4v) is 3.06. The van der Waals surface area contributed by atoms with Crippen LogP contribution in [-0.4, -0.2) is 11.0 Å². The van der Waals surface area contributed by atoms with Gasteiger partial charge in [-0.1, -0.05) is 30.3 Å². The molecule has 2 aromatic carbocycles. The van der Waals surface area contributed by atoms with Gasteiger partial charge in [0.15, 0.2) is 0 Å². The zero-order valence-electron chi connectivity index (χ0n) is 16.6. The summed E-state index contributed by atoms with van der Waals surface area (Å²) in [4.78, 5) is 16.2. The molecule has 0 aliphatic heterocycles. The molecule has 0 fully saturated rings. The van der Waals surface area contributed by atoms with Crippen LogP contribution in [0.3, 0.4) is 0 Å². The van der Waals surface area contributed by atoms with Crippen LogP contribution in [0.25, 0.3) is 0 Å². The van der Waals surface area contributed by atoms with Gasteiger partial charge in [-0.25, -0.2) is 9.18 Å². The van der Waals surface area contributed by atoms with Crippen molar-refractivity contribution in [3.63, 3.8) is 0 Å². The molecule has 1 aromatic heterocycles. The lowest BCUT2D eigenvalue weighted by Gasteiger charge is -2.23. The second kappa shape index (κ2) is 9.47. The highest BCUT2D eigenvalue weighted by Crippen LogP contribution is 2.36. The number of hydrogen-bond acceptors (Lipinski definition) is 2. The quantitative estimate of drug-likeness (QED) is 0.459. The van der Waals surface area contributed by atoms with E-state index in [0.717, 1.165) is 30.5 Å². The number of alkyl halides is 6. The lowest BCUT2D eigenvalue weighted by Crippen LogP contribution is -2.39. The number of nitrogens with zero attached hydrogens (tertiary/aromatic N) is 1. The van der Waals surface area contributed by atoms with Crippen molar-refractivity contribution in [3.8, 4) is 0 Å². The topological polar surface area (TPSA) is 54.0 Å². The van der Waals surface area contributed by atoms with E-state index in [2.05, 4.69) is 15.6 Å². The molecule has 0 bridgehead atoms. The average molecular weight is 471 g/mol. The van der Waals surface area contributed by atoms with Crippen molar-refractivity contribution < 1.29 is 35.5 Å². The summed E-state index contributed by atoms with van der Waals surface area (Å²) in [5.41, 5.74) is -2.71. The summed E-state index contributed by atoms with van der Waals surface area (Å²) in [6.45, 7) is -0.271. The predicted octanol–water partition coefficient (Wildman–Crippen LogP) is 5.85. The van der Waals surface area contributed by atoms with Crippen molar-refractivity contribution in [1.82, 2.24) is 15.6 Å². The fourth-order valence-electron chi connectivity index (χ4n) is 3.06. The fraction of sp³-hybridized carbons (Fsp3) is 0.182. The van der Waals surface area contributed by atoms with Crippen molar-refractivity contribution in [2.24, 2.45) is 0 Å². The molecule has 2 N–H and O–H groups in total. The predicted molar refractivity (Wildman–Crippen MR) is 104 cm³/mol. The highest BCUT2D eigenvalue weighted by Gasteiger charge is 2.37. The first kappa shape index (κ1) is 24.0. The average Bonchev–Trinajstić information content (AvgIpc) is 2.76. The van der Waals surface area contributed by atoms with Crippen LogP contribution in [-0.2, 0) is 18.9 Å². The van der Waals surface area contributed by atoms with Gasteiger partial charge < -0.3 is 10.6 Å². The first-order valence-corrected chi connectivity index (χ1v) is 9.44. The van der Waals surface area contributed by atoms with Crippen molar-refractivity contribution in [2.45, 2.75) is 24.9 Å². The summed E-state index contributed by atoms with van der Waals surface area (Å²) in [5, 5.41) is 4.62. The molecule has 33 heavy (non-hydrogen) atoms. The Morgan fingerprint density at radius 2 is 1.55 bits per heavy atom. The Kier molecular flexibility index (Phi) is 6.89. The number of benzene rings is 2. The number of pyridine rings is 1. The van der Waals surface area contributed by atoms with Crippen molar-refractivity contribution in [3.05, 3.63) is 101 Å². The molecule has 11 heteroatoms. The SMILES string of the molecule is O=C(NCc1ccccc1F)NC(c1ccc(C(F)(F)F)cc1)c1ncccc1C(F)(F)F. The maximum Gasteiger partial charge on any atom is 0.418 e. The number of carbonyl (C=O) groups excluding carboxylic acids is 1. The summed E-state index contributed by atoms with van der Waals surface area (Å²) >= 11 is 0. The minimum Gasteiger partial charge on any atom is -0.334 e. The molecule has 3 rings (SSSR count). The van der Waals surface area contributed by atoms with Gasteiger partial charge in [-0.2, -0.15) is 26.3 Å². The Morgan fingerprint density at radius 1 is 0.879 bits per heavy atom. The summed E-state index contributed by atoms with van der Waals surface area (Å²) in [7, 11) is 0. The van der Waals surface area contributed by atoms with Crippen LogP contribution in [0.5, 0.6) is 0 Å². The molecule has 0 radical (unpaired) electrons. The number of nitrogens with one attached hydrogen (secondary N) is 2. The second-order valence-corrected chi connectivity index (χ2v) is 6.91. The molecule has 0 saturated heterocycles. The summed E-state index contributed by atoms with van der Waals surface area (Å²) < 4.78 is 93.1. The van der Waals surface area contributed by atoms with Gasteiger partial charge in [0.25, 0.3) is 0 Å². The molecular formula is C22H16F7N3O. The Balaban J connectivity index is 1.93. The van der Waals surface area contributed by atoms with E-state index in [9.17, 15) is 35.5 Å². The normalized spacial score (nSPS) is 12.8. The molecule has 0 aliphatic carbocycles. The molecule has 0 aliphatic rings. The number of rotatable bonds is 5. The van der Waals surface area contributed by atoms with Crippen molar-refractivity contribution >= 4 is 6.03 Å². The molecule has 2 amide bonds. The van der Waals surface area contributed by atoms with Crippen LogP contribution in [0.15, 0.2) is 66.9 Å². The Morgan fingerprint density at radius 3 is 2.15 bits per heavy atom. The summed E-state index contributed by atoms with van der Waals surface area (Å²) in [6.07, 6.45) is -8.42. The van der Waals surface area contributed by atoms with E-state index in [1.54, 1.807) is 0 Å². The highest BCUT2D eigenvalue weighted by atomic mass is 19.4. The van der Waals surface area contributed by atoms with Crippen LogP contribution in [0, 0.1) is 5.82 Å². The van der Waals surface area contributed by atoms with Gasteiger partial charge in [0.05, 0.1) is 22.9 Å². The lowest BCUT2D eigenvalue weighted by molar-refractivity contribution is -0.139. The van der Waals surface area contributed by atoms with E-state index in [-0.39, 0.29) is 17.7 Å². The van der Waals surface area contributed by atoms with Crippen LogP contribution in [0.1, 0.15) is 34.0 Å². The Hall–Kier alpha value is -3.63. The summed E-state index contributed by atoms with van der Waals surface area (Å²) in [5.74, 6) is -0.596. The molecule has 1 atom stereocenters. The first-order chi connectivity index (χ1) is 15.5. The van der Waals surface area contributed by atoms with E-state index >= 15 is 0 Å². The molecule has 3 aromatic rings. The van der Waals surface area contributed by atoms with E-state index in [1.165, 1.54) is 24.3 Å².